The van der Waals surface area contributed by atoms with Gasteiger partial charge in [-0.3, -0.25) is 4.79 Å². The van der Waals surface area contributed by atoms with E-state index in [1.54, 1.807) is 0 Å². The quantitative estimate of drug-likeness (QED) is 0.729. The molecule has 3 nitrogen and oxygen atoms in total. The minimum atomic E-state index is 0.332. The van der Waals surface area contributed by atoms with Crippen molar-refractivity contribution in [2.45, 2.75) is 46.0 Å². The average Bonchev–Trinajstić information content (AvgIpc) is 2.30. The topological polar surface area (TPSA) is 46.3 Å². The van der Waals surface area contributed by atoms with E-state index in [1.807, 2.05) is 4.90 Å². The number of hydrogen-bond donors (Lipinski definition) is 1. The van der Waals surface area contributed by atoms with Crippen LogP contribution in [0.1, 0.15) is 46.0 Å². The van der Waals surface area contributed by atoms with Crippen LogP contribution in [0, 0.1) is 11.8 Å². The molecule has 0 bridgehead atoms. The lowest BCUT2D eigenvalue weighted by molar-refractivity contribution is -0.133. The van der Waals surface area contributed by atoms with Crippen LogP contribution in [0.25, 0.3) is 0 Å². The van der Waals surface area contributed by atoms with E-state index in [1.165, 1.54) is 6.42 Å². The van der Waals surface area contributed by atoms with Crippen LogP contribution in [0.2, 0.25) is 0 Å². The summed E-state index contributed by atoms with van der Waals surface area (Å²) in [6.45, 7) is 6.93. The Labute approximate surface area is 99.4 Å². The molecular formula is C13H26N2O. The van der Waals surface area contributed by atoms with E-state index < -0.39 is 0 Å². The summed E-state index contributed by atoms with van der Waals surface area (Å²) in [4.78, 5) is 13.9. The van der Waals surface area contributed by atoms with Gasteiger partial charge in [0.05, 0.1) is 0 Å². The fourth-order valence-electron chi connectivity index (χ4n) is 2.37. The highest BCUT2D eigenvalue weighted by atomic mass is 16.2. The van der Waals surface area contributed by atoms with Crippen molar-refractivity contribution < 1.29 is 4.79 Å². The number of nitrogens with zero attached hydrogens (tertiary/aromatic N) is 1. The number of nitrogens with two attached hydrogens (primary N) is 1. The predicted octanol–water partition coefficient (Wildman–Crippen LogP) is 2.01. The fourth-order valence-corrected chi connectivity index (χ4v) is 2.37. The standard InChI is InChI=1S/C13H26N2O/c1-3-4-5-6-13(16)15-8-7-11(2)12(9-14)10-15/h11-12H,3-10,14H2,1-2H3. The number of piperidine rings is 1. The van der Waals surface area contributed by atoms with Crippen molar-refractivity contribution in [2.75, 3.05) is 19.6 Å². The molecule has 3 heteroatoms. The first-order chi connectivity index (χ1) is 7.69. The molecule has 0 aromatic carbocycles. The van der Waals surface area contributed by atoms with Crippen LogP contribution in [0.4, 0.5) is 0 Å². The molecule has 0 aromatic heterocycles. The zero-order valence-corrected chi connectivity index (χ0v) is 10.7. The van der Waals surface area contributed by atoms with Crippen LogP contribution in [-0.2, 0) is 4.79 Å². The second-order valence-electron chi connectivity index (χ2n) is 5.06. The van der Waals surface area contributed by atoms with E-state index in [0.717, 1.165) is 38.8 Å². The number of amides is 1. The van der Waals surface area contributed by atoms with Crippen LogP contribution < -0.4 is 5.73 Å². The molecule has 2 N–H and O–H groups in total. The number of likely N-dealkylation sites (tertiary alicyclic amines) is 1. The molecule has 1 aliphatic rings. The van der Waals surface area contributed by atoms with Crippen molar-refractivity contribution in [1.82, 2.24) is 4.90 Å². The van der Waals surface area contributed by atoms with E-state index >= 15 is 0 Å². The second-order valence-corrected chi connectivity index (χ2v) is 5.06. The van der Waals surface area contributed by atoms with E-state index in [9.17, 15) is 4.79 Å². The minimum absolute atomic E-state index is 0.332. The molecule has 1 amide bonds. The third-order valence-corrected chi connectivity index (χ3v) is 3.76. The van der Waals surface area contributed by atoms with Gasteiger partial charge in [-0.25, -0.2) is 0 Å². The monoisotopic (exact) mass is 226 g/mol. The molecule has 1 rings (SSSR count). The molecule has 0 radical (unpaired) electrons. The maximum Gasteiger partial charge on any atom is 0.222 e. The van der Waals surface area contributed by atoms with Gasteiger partial charge in [0.2, 0.25) is 5.91 Å². The maximum atomic E-state index is 11.9. The lowest BCUT2D eigenvalue weighted by Gasteiger charge is -2.36. The fraction of sp³-hybridized carbons (Fsp3) is 0.923. The molecule has 2 unspecified atom stereocenters. The molecule has 16 heavy (non-hydrogen) atoms. The zero-order valence-electron chi connectivity index (χ0n) is 10.7. The second kappa shape index (κ2) is 6.89. The minimum Gasteiger partial charge on any atom is -0.342 e. The first kappa shape index (κ1) is 13.5. The van der Waals surface area contributed by atoms with E-state index in [-0.39, 0.29) is 0 Å². The van der Waals surface area contributed by atoms with E-state index in [0.29, 0.717) is 24.3 Å². The largest absolute Gasteiger partial charge is 0.342 e. The molecule has 0 spiro atoms. The number of hydrogen-bond acceptors (Lipinski definition) is 2. The highest BCUT2D eigenvalue weighted by molar-refractivity contribution is 5.76. The Morgan fingerprint density at radius 2 is 2.19 bits per heavy atom. The summed E-state index contributed by atoms with van der Waals surface area (Å²) in [7, 11) is 0. The molecule has 1 heterocycles. The summed E-state index contributed by atoms with van der Waals surface area (Å²) in [6, 6.07) is 0. The van der Waals surface area contributed by atoms with Crippen molar-refractivity contribution in [2.24, 2.45) is 17.6 Å². The summed E-state index contributed by atoms with van der Waals surface area (Å²) >= 11 is 0. The van der Waals surface area contributed by atoms with E-state index in [4.69, 9.17) is 5.73 Å². The van der Waals surface area contributed by atoms with Crippen molar-refractivity contribution >= 4 is 5.91 Å². The SMILES string of the molecule is CCCCCC(=O)N1CCC(C)C(CN)C1. The molecule has 0 aliphatic carbocycles. The molecule has 1 aliphatic heterocycles. The predicted molar refractivity (Wildman–Crippen MR) is 67.0 cm³/mol. The first-order valence-corrected chi connectivity index (χ1v) is 6.66. The van der Waals surface area contributed by atoms with Gasteiger partial charge in [-0.15, -0.1) is 0 Å². The maximum absolute atomic E-state index is 11.9. The molecule has 94 valence electrons. The number of unbranched alkanes of at least 4 members (excludes halogenated alkanes) is 2. The van der Waals surface area contributed by atoms with Crippen molar-refractivity contribution in [1.29, 1.82) is 0 Å². The van der Waals surface area contributed by atoms with E-state index in [2.05, 4.69) is 13.8 Å². The normalized spacial score (nSPS) is 25.8. The zero-order chi connectivity index (χ0) is 12.0. The number of carbonyl (C=O) groups is 1. The van der Waals surface area contributed by atoms with Crippen molar-refractivity contribution in [3.63, 3.8) is 0 Å². The van der Waals surface area contributed by atoms with Crippen LogP contribution in [-0.4, -0.2) is 30.4 Å². The van der Waals surface area contributed by atoms with Crippen LogP contribution in [0.5, 0.6) is 0 Å². The number of rotatable bonds is 5. The Morgan fingerprint density at radius 1 is 1.44 bits per heavy atom. The average molecular weight is 226 g/mol. The van der Waals surface area contributed by atoms with Crippen molar-refractivity contribution in [3.05, 3.63) is 0 Å². The van der Waals surface area contributed by atoms with Gasteiger partial charge in [0.25, 0.3) is 0 Å². The summed E-state index contributed by atoms with van der Waals surface area (Å²) in [5.74, 6) is 1.51. The summed E-state index contributed by atoms with van der Waals surface area (Å²) in [6.07, 6.45) is 5.21. The Hall–Kier alpha value is -0.570. The van der Waals surface area contributed by atoms with Crippen LogP contribution >= 0.6 is 0 Å². The van der Waals surface area contributed by atoms with Crippen molar-refractivity contribution in [3.8, 4) is 0 Å². The highest BCUT2D eigenvalue weighted by Gasteiger charge is 2.27. The number of carbonyl (C=O) groups excluding carboxylic acids is 1. The Kier molecular flexibility index (Phi) is 5.81. The first-order valence-electron chi connectivity index (χ1n) is 6.66. The summed E-state index contributed by atoms with van der Waals surface area (Å²) in [5.41, 5.74) is 5.74. The lowest BCUT2D eigenvalue weighted by Crippen LogP contribution is -2.45. The van der Waals surface area contributed by atoms with Gasteiger partial charge >= 0.3 is 0 Å². The van der Waals surface area contributed by atoms with Gasteiger partial charge in [-0.1, -0.05) is 26.7 Å². The summed E-state index contributed by atoms with van der Waals surface area (Å²) < 4.78 is 0. The lowest BCUT2D eigenvalue weighted by atomic mass is 9.87. The van der Waals surface area contributed by atoms with Gasteiger partial charge in [0.1, 0.15) is 0 Å². The summed E-state index contributed by atoms with van der Waals surface area (Å²) in [5, 5.41) is 0. The van der Waals surface area contributed by atoms with Gasteiger partial charge in [0.15, 0.2) is 0 Å². The Morgan fingerprint density at radius 3 is 2.81 bits per heavy atom. The third-order valence-electron chi connectivity index (χ3n) is 3.76. The van der Waals surface area contributed by atoms with Crippen LogP contribution in [0.3, 0.4) is 0 Å². The van der Waals surface area contributed by atoms with Crippen LogP contribution in [0.15, 0.2) is 0 Å². The van der Waals surface area contributed by atoms with Gasteiger partial charge in [-0.2, -0.15) is 0 Å². The molecular weight excluding hydrogens is 200 g/mol. The third kappa shape index (κ3) is 3.78. The van der Waals surface area contributed by atoms with Gasteiger partial charge < -0.3 is 10.6 Å². The highest BCUT2D eigenvalue weighted by Crippen LogP contribution is 2.22. The molecule has 0 aromatic rings. The molecule has 0 saturated carbocycles. The van der Waals surface area contributed by atoms with Gasteiger partial charge in [-0.05, 0) is 31.2 Å². The smallest absolute Gasteiger partial charge is 0.222 e. The Balaban J connectivity index is 2.33. The Bertz CT molecular complexity index is 218. The molecule has 2 atom stereocenters. The molecule has 1 fully saturated rings. The molecule has 1 saturated heterocycles. The van der Waals surface area contributed by atoms with Gasteiger partial charge in [0, 0.05) is 19.5 Å².